The summed E-state index contributed by atoms with van der Waals surface area (Å²) < 4.78 is 4.88. The van der Waals surface area contributed by atoms with E-state index in [4.69, 9.17) is 4.74 Å². The Morgan fingerprint density at radius 2 is 2.27 bits per heavy atom. The van der Waals surface area contributed by atoms with E-state index in [1.54, 1.807) is 20.2 Å². The van der Waals surface area contributed by atoms with E-state index in [2.05, 4.69) is 20.8 Å². The van der Waals surface area contributed by atoms with Crippen LogP contribution in [0.2, 0.25) is 0 Å². The maximum atomic E-state index is 4.88. The van der Waals surface area contributed by atoms with Gasteiger partial charge in [-0.15, -0.1) is 0 Å². The number of hydrazine groups is 1. The van der Waals surface area contributed by atoms with Crippen LogP contribution in [0.5, 0.6) is 5.88 Å². The minimum atomic E-state index is 0.540. The Labute approximate surface area is 64.8 Å². The molecule has 11 heavy (non-hydrogen) atoms. The van der Waals surface area contributed by atoms with E-state index in [0.29, 0.717) is 11.7 Å². The number of hydrogen-bond acceptors (Lipinski definition) is 5. The minimum Gasteiger partial charge on any atom is -0.481 e. The Kier molecular flexibility index (Phi) is 2.62. The molecular weight excluding hydrogens is 144 g/mol. The van der Waals surface area contributed by atoms with Gasteiger partial charge in [0.25, 0.3) is 0 Å². The highest BCUT2D eigenvalue weighted by molar-refractivity contribution is 5.35. The third kappa shape index (κ3) is 2.05. The van der Waals surface area contributed by atoms with E-state index < -0.39 is 0 Å². The second-order valence-electron chi connectivity index (χ2n) is 1.82. The molecule has 5 heteroatoms. The Bertz CT molecular complexity index is 228. The highest BCUT2D eigenvalue weighted by Crippen LogP contribution is 2.08. The smallest absolute Gasteiger partial charge is 0.218 e. The van der Waals surface area contributed by atoms with Crippen molar-refractivity contribution < 1.29 is 4.74 Å². The van der Waals surface area contributed by atoms with Crippen molar-refractivity contribution >= 4 is 5.82 Å². The number of aromatic nitrogens is 2. The van der Waals surface area contributed by atoms with Crippen molar-refractivity contribution in [3.63, 3.8) is 0 Å². The third-order valence-corrected chi connectivity index (χ3v) is 1.10. The van der Waals surface area contributed by atoms with Gasteiger partial charge in [0.15, 0.2) is 0 Å². The van der Waals surface area contributed by atoms with Gasteiger partial charge in [-0.25, -0.2) is 15.4 Å². The monoisotopic (exact) mass is 154 g/mol. The van der Waals surface area contributed by atoms with E-state index >= 15 is 0 Å². The maximum absolute atomic E-state index is 4.88. The molecule has 0 aliphatic heterocycles. The molecule has 1 heterocycles. The second-order valence-corrected chi connectivity index (χ2v) is 1.82. The van der Waals surface area contributed by atoms with Crippen LogP contribution in [0.15, 0.2) is 12.4 Å². The highest BCUT2D eigenvalue weighted by atomic mass is 16.5. The lowest BCUT2D eigenvalue weighted by Crippen LogP contribution is -2.16. The predicted molar refractivity (Wildman–Crippen MR) is 41.3 cm³/mol. The molecule has 0 spiro atoms. The summed E-state index contributed by atoms with van der Waals surface area (Å²) in [5.74, 6) is 1.22. The molecular formula is C6H10N4O. The van der Waals surface area contributed by atoms with Crippen LogP contribution >= 0.6 is 0 Å². The number of nitrogens with zero attached hydrogens (tertiary/aromatic N) is 2. The lowest BCUT2D eigenvalue weighted by molar-refractivity contribution is 0.397. The van der Waals surface area contributed by atoms with Crippen LogP contribution in [-0.4, -0.2) is 24.1 Å². The van der Waals surface area contributed by atoms with Gasteiger partial charge >= 0.3 is 0 Å². The lowest BCUT2D eigenvalue weighted by Gasteiger charge is -2.02. The van der Waals surface area contributed by atoms with Gasteiger partial charge in [-0.2, -0.15) is 0 Å². The van der Waals surface area contributed by atoms with Gasteiger partial charge < -0.3 is 10.2 Å². The summed E-state index contributed by atoms with van der Waals surface area (Å²) >= 11 is 0. The Morgan fingerprint density at radius 3 is 2.91 bits per heavy atom. The normalized spacial score (nSPS) is 9.27. The van der Waals surface area contributed by atoms with Gasteiger partial charge in [0.2, 0.25) is 5.88 Å². The fourth-order valence-corrected chi connectivity index (χ4v) is 0.648. The molecule has 0 saturated heterocycles. The maximum Gasteiger partial charge on any atom is 0.218 e. The van der Waals surface area contributed by atoms with Crippen LogP contribution in [0.25, 0.3) is 0 Å². The van der Waals surface area contributed by atoms with Gasteiger partial charge in [0.1, 0.15) is 12.1 Å². The summed E-state index contributed by atoms with van der Waals surface area (Å²) in [6.45, 7) is 0. The molecule has 0 aromatic carbocycles. The average molecular weight is 154 g/mol. The van der Waals surface area contributed by atoms with E-state index in [9.17, 15) is 0 Å². The molecule has 60 valence electrons. The second kappa shape index (κ2) is 3.72. The predicted octanol–water partition coefficient (Wildman–Crippen LogP) is 0.0315. The van der Waals surface area contributed by atoms with Crippen molar-refractivity contribution in [1.82, 2.24) is 15.4 Å². The fraction of sp³-hybridized carbons (Fsp3) is 0.333. The number of hydrogen-bond donors (Lipinski definition) is 2. The zero-order valence-electron chi connectivity index (χ0n) is 6.46. The molecule has 0 amide bonds. The van der Waals surface area contributed by atoms with Crippen LogP contribution in [0.4, 0.5) is 5.82 Å². The molecule has 0 aliphatic rings. The topological polar surface area (TPSA) is 59.1 Å². The Hall–Kier alpha value is -1.36. The quantitative estimate of drug-likeness (QED) is 0.601. The van der Waals surface area contributed by atoms with Crippen LogP contribution in [0, 0.1) is 0 Å². The molecule has 2 N–H and O–H groups in total. The van der Waals surface area contributed by atoms with E-state index in [-0.39, 0.29) is 0 Å². The van der Waals surface area contributed by atoms with Gasteiger partial charge in [0.05, 0.1) is 7.11 Å². The third-order valence-electron chi connectivity index (χ3n) is 1.10. The number of rotatable bonds is 3. The molecule has 1 rings (SSSR count). The Morgan fingerprint density at radius 1 is 1.45 bits per heavy atom. The summed E-state index contributed by atoms with van der Waals surface area (Å²) in [6, 6.07) is 1.69. The van der Waals surface area contributed by atoms with Crippen LogP contribution in [-0.2, 0) is 0 Å². The van der Waals surface area contributed by atoms with Crippen LogP contribution in [0.1, 0.15) is 0 Å². The molecule has 1 aromatic heterocycles. The van der Waals surface area contributed by atoms with Crippen molar-refractivity contribution in [2.24, 2.45) is 0 Å². The first-order valence-corrected chi connectivity index (χ1v) is 3.15. The molecule has 0 atom stereocenters. The summed E-state index contributed by atoms with van der Waals surface area (Å²) in [7, 11) is 3.32. The van der Waals surface area contributed by atoms with Crippen LogP contribution < -0.4 is 15.6 Å². The SMILES string of the molecule is CNNc1cc(OC)ncn1. The molecule has 0 aliphatic carbocycles. The number of nitrogens with one attached hydrogen (secondary N) is 2. The van der Waals surface area contributed by atoms with Crippen LogP contribution in [0.3, 0.4) is 0 Å². The average Bonchev–Trinajstić information content (AvgIpc) is 2.06. The van der Waals surface area contributed by atoms with Crippen molar-refractivity contribution in [1.29, 1.82) is 0 Å². The van der Waals surface area contributed by atoms with E-state index in [1.165, 1.54) is 6.33 Å². The first-order chi connectivity index (χ1) is 5.36. The van der Waals surface area contributed by atoms with Gasteiger partial charge in [0, 0.05) is 13.1 Å². The van der Waals surface area contributed by atoms with Crippen molar-refractivity contribution in [2.45, 2.75) is 0 Å². The Balaban J connectivity index is 2.74. The molecule has 0 unspecified atom stereocenters. The molecule has 1 aromatic rings. The van der Waals surface area contributed by atoms with Gasteiger partial charge in [-0.3, -0.25) is 0 Å². The summed E-state index contributed by atoms with van der Waals surface area (Å²) in [6.07, 6.45) is 1.43. The minimum absolute atomic E-state index is 0.540. The van der Waals surface area contributed by atoms with Crippen molar-refractivity contribution in [2.75, 3.05) is 19.6 Å². The largest absolute Gasteiger partial charge is 0.481 e. The summed E-state index contributed by atoms with van der Waals surface area (Å²) in [5, 5.41) is 0. The molecule has 5 nitrogen and oxygen atoms in total. The van der Waals surface area contributed by atoms with Crippen molar-refractivity contribution in [3.8, 4) is 5.88 Å². The van der Waals surface area contributed by atoms with Crippen molar-refractivity contribution in [3.05, 3.63) is 12.4 Å². The van der Waals surface area contributed by atoms with Gasteiger partial charge in [-0.05, 0) is 0 Å². The first kappa shape index (κ1) is 7.74. The number of anilines is 1. The first-order valence-electron chi connectivity index (χ1n) is 3.15. The standard InChI is InChI=1S/C6H10N4O/c1-7-10-5-3-6(11-2)9-4-8-5/h3-4,7H,1-2H3,(H,8,9,10). The molecule has 0 bridgehead atoms. The fourth-order valence-electron chi connectivity index (χ4n) is 0.648. The molecule has 0 fully saturated rings. The van der Waals surface area contributed by atoms with Gasteiger partial charge in [-0.1, -0.05) is 0 Å². The number of methoxy groups -OCH3 is 1. The van der Waals surface area contributed by atoms with E-state index in [1.807, 2.05) is 0 Å². The van der Waals surface area contributed by atoms with E-state index in [0.717, 1.165) is 0 Å². The highest BCUT2D eigenvalue weighted by Gasteiger charge is 1.94. The molecule has 0 saturated carbocycles. The zero-order valence-corrected chi connectivity index (χ0v) is 6.46. The summed E-state index contributed by atoms with van der Waals surface area (Å²) in [5.41, 5.74) is 5.54. The zero-order chi connectivity index (χ0) is 8.10. The lowest BCUT2D eigenvalue weighted by atomic mass is 10.6. The number of ether oxygens (including phenoxy) is 1. The molecule has 0 radical (unpaired) electrons. The summed E-state index contributed by atoms with van der Waals surface area (Å²) in [4.78, 5) is 7.75.